The van der Waals surface area contributed by atoms with Crippen molar-refractivity contribution in [2.24, 2.45) is 12.0 Å². The van der Waals surface area contributed by atoms with E-state index in [0.29, 0.717) is 20.5 Å². The van der Waals surface area contributed by atoms with Gasteiger partial charge in [0, 0.05) is 13.1 Å². The lowest BCUT2D eigenvalue weighted by molar-refractivity contribution is 0.0962. The number of hydrogen-bond donors (Lipinski definition) is 0. The molecule has 0 aliphatic carbocycles. The summed E-state index contributed by atoms with van der Waals surface area (Å²) in [5.41, 5.74) is 1.37. The van der Waals surface area contributed by atoms with E-state index in [4.69, 9.17) is 27.7 Å². The van der Waals surface area contributed by atoms with Gasteiger partial charge in [0.25, 0.3) is 0 Å². The number of aromatic nitrogens is 2. The largest absolute Gasteiger partial charge is 0.351 e. The Bertz CT molecular complexity index is 923. The first-order chi connectivity index (χ1) is 9.97. The predicted octanol–water partition coefficient (Wildman–Crippen LogP) is 3.58. The standard InChI is InChI=1S/C13H9Cl2N3O2S/c1-6-5-8(20-17-6)12(19)16-13-18(2)11-9(21-13)4-3-7(14)10(11)15/h3-5H,1-2H3. The Labute approximate surface area is 133 Å². The van der Waals surface area contributed by atoms with Gasteiger partial charge in [-0.25, -0.2) is 0 Å². The van der Waals surface area contributed by atoms with Crippen LogP contribution in [0.15, 0.2) is 27.7 Å². The zero-order chi connectivity index (χ0) is 15.1. The van der Waals surface area contributed by atoms with Gasteiger partial charge in [0.1, 0.15) is 0 Å². The van der Waals surface area contributed by atoms with Crippen molar-refractivity contribution in [1.29, 1.82) is 0 Å². The fraction of sp³-hybridized carbons (Fsp3) is 0.154. The van der Waals surface area contributed by atoms with Crippen LogP contribution in [0.3, 0.4) is 0 Å². The highest BCUT2D eigenvalue weighted by Crippen LogP contribution is 2.31. The van der Waals surface area contributed by atoms with Crippen molar-refractivity contribution in [2.45, 2.75) is 6.92 Å². The van der Waals surface area contributed by atoms with E-state index in [1.54, 1.807) is 30.7 Å². The molecule has 1 amide bonds. The van der Waals surface area contributed by atoms with E-state index in [9.17, 15) is 4.79 Å². The van der Waals surface area contributed by atoms with Crippen LogP contribution in [0.2, 0.25) is 10.0 Å². The lowest BCUT2D eigenvalue weighted by Crippen LogP contribution is -2.13. The summed E-state index contributed by atoms with van der Waals surface area (Å²) in [6, 6.07) is 5.10. The predicted molar refractivity (Wildman–Crippen MR) is 81.9 cm³/mol. The Morgan fingerprint density at radius 1 is 1.43 bits per heavy atom. The van der Waals surface area contributed by atoms with E-state index < -0.39 is 5.91 Å². The zero-order valence-corrected chi connectivity index (χ0v) is 13.4. The van der Waals surface area contributed by atoms with Crippen LogP contribution in [0.4, 0.5) is 0 Å². The monoisotopic (exact) mass is 341 g/mol. The number of rotatable bonds is 1. The molecular weight excluding hydrogens is 333 g/mol. The molecule has 108 valence electrons. The number of carbonyl (C=O) groups is 1. The maximum absolute atomic E-state index is 12.0. The summed E-state index contributed by atoms with van der Waals surface area (Å²) in [6.45, 7) is 1.74. The Morgan fingerprint density at radius 3 is 2.86 bits per heavy atom. The molecule has 0 saturated carbocycles. The maximum Gasteiger partial charge on any atom is 0.318 e. The smallest absolute Gasteiger partial charge is 0.318 e. The van der Waals surface area contributed by atoms with Gasteiger partial charge in [-0.05, 0) is 19.1 Å². The first-order valence-corrected chi connectivity index (χ1v) is 7.50. The van der Waals surface area contributed by atoms with Gasteiger partial charge < -0.3 is 9.09 Å². The molecule has 0 aliphatic heterocycles. The average Bonchev–Trinajstić information content (AvgIpc) is 3.00. The SMILES string of the molecule is Cc1cc(C(=O)N=c2sc3ccc(Cl)c(Cl)c3n2C)on1. The third kappa shape index (κ3) is 2.50. The van der Waals surface area contributed by atoms with E-state index >= 15 is 0 Å². The molecule has 0 fully saturated rings. The van der Waals surface area contributed by atoms with Crippen molar-refractivity contribution in [3.8, 4) is 0 Å². The molecule has 0 aliphatic rings. The molecule has 5 nitrogen and oxygen atoms in total. The first-order valence-electron chi connectivity index (χ1n) is 5.93. The van der Waals surface area contributed by atoms with Crippen molar-refractivity contribution in [2.75, 3.05) is 0 Å². The zero-order valence-electron chi connectivity index (χ0n) is 11.1. The van der Waals surface area contributed by atoms with Crippen molar-refractivity contribution in [1.82, 2.24) is 9.72 Å². The number of amides is 1. The van der Waals surface area contributed by atoms with Gasteiger partial charge in [0.2, 0.25) is 5.76 Å². The molecule has 0 bridgehead atoms. The summed E-state index contributed by atoms with van der Waals surface area (Å²) in [5, 5.41) is 4.57. The molecule has 2 aromatic heterocycles. The highest BCUT2D eigenvalue weighted by molar-refractivity contribution is 7.16. The Morgan fingerprint density at radius 2 is 2.19 bits per heavy atom. The topological polar surface area (TPSA) is 60.4 Å². The minimum atomic E-state index is -0.486. The summed E-state index contributed by atoms with van der Waals surface area (Å²) in [7, 11) is 1.78. The summed E-state index contributed by atoms with van der Waals surface area (Å²) in [6.07, 6.45) is 0. The van der Waals surface area contributed by atoms with Gasteiger partial charge in [-0.15, -0.1) is 0 Å². The number of benzene rings is 1. The van der Waals surface area contributed by atoms with Crippen LogP contribution in [-0.4, -0.2) is 15.6 Å². The minimum absolute atomic E-state index is 0.106. The Kier molecular flexibility index (Phi) is 3.61. The third-order valence-electron chi connectivity index (χ3n) is 2.89. The van der Waals surface area contributed by atoms with Gasteiger partial charge in [0.15, 0.2) is 4.80 Å². The number of aryl methyl sites for hydroxylation is 2. The molecule has 3 aromatic rings. The van der Waals surface area contributed by atoms with Crippen LogP contribution in [0, 0.1) is 6.92 Å². The van der Waals surface area contributed by atoms with Crippen molar-refractivity contribution < 1.29 is 9.32 Å². The average molecular weight is 342 g/mol. The number of hydrogen-bond acceptors (Lipinski definition) is 4. The molecule has 0 atom stereocenters. The normalized spacial score (nSPS) is 12.3. The molecule has 8 heteroatoms. The number of carbonyl (C=O) groups excluding carboxylic acids is 1. The van der Waals surface area contributed by atoms with E-state index in [0.717, 1.165) is 10.2 Å². The van der Waals surface area contributed by atoms with Crippen molar-refractivity contribution >= 4 is 50.7 Å². The molecule has 0 spiro atoms. The highest BCUT2D eigenvalue weighted by Gasteiger charge is 2.13. The van der Waals surface area contributed by atoms with E-state index in [2.05, 4.69) is 10.1 Å². The molecule has 3 rings (SSSR count). The molecule has 0 saturated heterocycles. The van der Waals surface area contributed by atoms with Crippen LogP contribution in [-0.2, 0) is 7.05 Å². The van der Waals surface area contributed by atoms with Crippen molar-refractivity contribution in [3.05, 3.63) is 44.5 Å². The first kappa shape index (κ1) is 14.3. The van der Waals surface area contributed by atoms with E-state index in [1.165, 1.54) is 11.3 Å². The number of halogens is 2. The molecule has 0 radical (unpaired) electrons. The van der Waals surface area contributed by atoms with Gasteiger partial charge >= 0.3 is 5.91 Å². The van der Waals surface area contributed by atoms with Crippen LogP contribution < -0.4 is 4.80 Å². The quantitative estimate of drug-likeness (QED) is 0.679. The summed E-state index contributed by atoms with van der Waals surface area (Å²) in [5.74, 6) is -0.380. The van der Waals surface area contributed by atoms with E-state index in [1.807, 2.05) is 6.07 Å². The molecule has 0 unspecified atom stereocenters. The van der Waals surface area contributed by atoms with Crippen LogP contribution in [0.25, 0.3) is 10.2 Å². The second kappa shape index (κ2) is 5.29. The van der Waals surface area contributed by atoms with Crippen LogP contribution in [0.5, 0.6) is 0 Å². The molecule has 0 N–H and O–H groups in total. The maximum atomic E-state index is 12.0. The summed E-state index contributed by atoms with van der Waals surface area (Å²) in [4.78, 5) is 16.6. The lowest BCUT2D eigenvalue weighted by Gasteiger charge is -1.99. The number of nitrogens with zero attached hydrogens (tertiary/aromatic N) is 3. The third-order valence-corrected chi connectivity index (χ3v) is 4.78. The lowest BCUT2D eigenvalue weighted by atomic mass is 10.3. The Balaban J connectivity index is 2.17. The van der Waals surface area contributed by atoms with Gasteiger partial charge in [-0.2, -0.15) is 4.99 Å². The highest BCUT2D eigenvalue weighted by atomic mass is 35.5. The number of fused-ring (bicyclic) bond motifs is 1. The molecule has 1 aromatic carbocycles. The van der Waals surface area contributed by atoms with E-state index in [-0.39, 0.29) is 5.76 Å². The van der Waals surface area contributed by atoms with Gasteiger partial charge in [0.05, 0.1) is 26.0 Å². The Hall–Kier alpha value is -1.63. The van der Waals surface area contributed by atoms with Crippen LogP contribution >= 0.6 is 34.5 Å². The second-order valence-corrected chi connectivity index (χ2v) is 6.20. The second-order valence-electron chi connectivity index (χ2n) is 4.40. The minimum Gasteiger partial charge on any atom is -0.351 e. The molecule has 21 heavy (non-hydrogen) atoms. The fourth-order valence-electron chi connectivity index (χ4n) is 1.88. The van der Waals surface area contributed by atoms with Gasteiger partial charge in [-0.1, -0.05) is 39.7 Å². The summed E-state index contributed by atoms with van der Waals surface area (Å²) >= 11 is 13.6. The summed E-state index contributed by atoms with van der Waals surface area (Å²) < 4.78 is 7.54. The molecular formula is C13H9Cl2N3O2S. The van der Waals surface area contributed by atoms with Gasteiger partial charge in [-0.3, -0.25) is 4.79 Å². The van der Waals surface area contributed by atoms with Crippen LogP contribution in [0.1, 0.15) is 16.2 Å². The van der Waals surface area contributed by atoms with Crippen molar-refractivity contribution in [3.63, 3.8) is 0 Å². The fourth-order valence-corrected chi connectivity index (χ4v) is 3.41. The number of thiazole rings is 1. The molecule has 2 heterocycles.